The fraction of sp³-hybridized carbons (Fsp3) is 0.417. The van der Waals surface area contributed by atoms with E-state index < -0.39 is 0 Å². The number of hydrogen-bond donors (Lipinski definition) is 3. The van der Waals surface area contributed by atoms with E-state index >= 15 is 0 Å². The minimum absolute atomic E-state index is 0.0743. The van der Waals surface area contributed by atoms with Crippen molar-refractivity contribution in [3.63, 3.8) is 0 Å². The molecule has 92 valence electrons. The first-order valence-electron chi connectivity index (χ1n) is 5.47. The summed E-state index contributed by atoms with van der Waals surface area (Å²) in [6.07, 6.45) is 2.77. The molecule has 0 aliphatic heterocycles. The monoisotopic (exact) mass is 255 g/mol. The maximum absolute atomic E-state index is 11.9. The Kier molecular flexibility index (Phi) is 3.15. The maximum atomic E-state index is 11.9. The fourth-order valence-corrected chi connectivity index (χ4v) is 2.25. The molecule has 0 unspecified atom stereocenters. The van der Waals surface area contributed by atoms with Gasteiger partial charge in [-0.1, -0.05) is 0 Å². The summed E-state index contributed by atoms with van der Waals surface area (Å²) in [6, 6.07) is 3.90. The number of phenolic OH excluding ortho intramolecular Hbond substituents is 2. The number of hydrogen-bond acceptors (Lipinski definition) is 3. The molecule has 0 aromatic heterocycles. The Hall–Kier alpha value is -1.42. The summed E-state index contributed by atoms with van der Waals surface area (Å²) < 4.78 is 0. The molecule has 5 heteroatoms. The zero-order chi connectivity index (χ0) is 12.5. The topological polar surface area (TPSA) is 69.6 Å². The largest absolute Gasteiger partial charge is 0.508 e. The van der Waals surface area contributed by atoms with Crippen LogP contribution in [0, 0.1) is 0 Å². The van der Waals surface area contributed by atoms with E-state index in [-0.39, 0.29) is 28.5 Å². The predicted molar refractivity (Wildman–Crippen MR) is 64.5 cm³/mol. The van der Waals surface area contributed by atoms with Gasteiger partial charge in [-0.15, -0.1) is 11.6 Å². The third kappa shape index (κ3) is 2.31. The van der Waals surface area contributed by atoms with E-state index in [9.17, 15) is 9.90 Å². The molecule has 1 aromatic rings. The van der Waals surface area contributed by atoms with Crippen LogP contribution in [-0.2, 0) is 0 Å². The molecule has 17 heavy (non-hydrogen) atoms. The lowest BCUT2D eigenvalue weighted by atomic mass is 9.78. The second-order valence-corrected chi connectivity index (χ2v) is 4.69. The molecule has 3 N–H and O–H groups in total. The molecule has 0 bridgehead atoms. The van der Waals surface area contributed by atoms with E-state index in [1.54, 1.807) is 0 Å². The Bertz CT molecular complexity index is 438. The van der Waals surface area contributed by atoms with E-state index in [4.69, 9.17) is 16.7 Å². The summed E-state index contributed by atoms with van der Waals surface area (Å²) in [5.74, 6) is -0.290. The van der Waals surface area contributed by atoms with Crippen molar-refractivity contribution in [1.29, 1.82) is 0 Å². The van der Waals surface area contributed by atoms with Crippen LogP contribution < -0.4 is 5.32 Å². The molecule has 4 nitrogen and oxygen atoms in total. The summed E-state index contributed by atoms with van der Waals surface area (Å²) in [5.41, 5.74) is -0.178. The van der Waals surface area contributed by atoms with Gasteiger partial charge >= 0.3 is 0 Å². The van der Waals surface area contributed by atoms with Crippen LogP contribution in [0.2, 0.25) is 0 Å². The van der Waals surface area contributed by atoms with Gasteiger partial charge in [0.05, 0.1) is 11.1 Å². The van der Waals surface area contributed by atoms with Gasteiger partial charge in [0.25, 0.3) is 5.91 Å². The smallest absolute Gasteiger partial charge is 0.255 e. The van der Waals surface area contributed by atoms with Crippen LogP contribution in [0.5, 0.6) is 11.5 Å². The van der Waals surface area contributed by atoms with Crippen LogP contribution in [0.25, 0.3) is 0 Å². The fourth-order valence-electron chi connectivity index (χ4n) is 1.92. The Balaban J connectivity index is 2.14. The van der Waals surface area contributed by atoms with E-state index in [0.717, 1.165) is 25.3 Å². The second kappa shape index (κ2) is 4.45. The first-order valence-corrected chi connectivity index (χ1v) is 6.00. The summed E-state index contributed by atoms with van der Waals surface area (Å²) in [5, 5.41) is 21.6. The highest BCUT2D eigenvalue weighted by Gasteiger charge is 2.38. The summed E-state index contributed by atoms with van der Waals surface area (Å²) >= 11 is 5.84. The SMILES string of the molecule is O=C(NC1(CCl)CCC1)c1ccc(O)cc1O. The van der Waals surface area contributed by atoms with E-state index in [2.05, 4.69) is 5.32 Å². The molecule has 0 atom stereocenters. The zero-order valence-corrected chi connectivity index (χ0v) is 10.00. The lowest BCUT2D eigenvalue weighted by Gasteiger charge is -2.41. The molecule has 1 amide bonds. The third-order valence-corrected chi connectivity index (χ3v) is 3.68. The highest BCUT2D eigenvalue weighted by molar-refractivity contribution is 6.19. The van der Waals surface area contributed by atoms with E-state index in [0.29, 0.717) is 5.88 Å². The number of halogens is 1. The summed E-state index contributed by atoms with van der Waals surface area (Å²) in [4.78, 5) is 11.9. The molecule has 0 heterocycles. The van der Waals surface area contributed by atoms with Gasteiger partial charge in [-0.25, -0.2) is 0 Å². The van der Waals surface area contributed by atoms with Crippen molar-refractivity contribution in [3.05, 3.63) is 23.8 Å². The quantitative estimate of drug-likeness (QED) is 0.724. The molecule has 0 spiro atoms. The molecule has 1 aliphatic rings. The van der Waals surface area contributed by atoms with Crippen LogP contribution >= 0.6 is 11.6 Å². The molecule has 0 radical (unpaired) electrons. The van der Waals surface area contributed by atoms with Gasteiger partial charge in [-0.2, -0.15) is 0 Å². The first kappa shape index (κ1) is 12.0. The van der Waals surface area contributed by atoms with Crippen LogP contribution in [0.15, 0.2) is 18.2 Å². The number of carbonyl (C=O) groups excluding carboxylic acids is 1. The highest BCUT2D eigenvalue weighted by atomic mass is 35.5. The van der Waals surface area contributed by atoms with Crippen LogP contribution in [0.1, 0.15) is 29.6 Å². The number of alkyl halides is 1. The van der Waals surface area contributed by atoms with Crippen molar-refractivity contribution in [3.8, 4) is 11.5 Å². The normalized spacial score (nSPS) is 17.2. The van der Waals surface area contributed by atoms with Gasteiger partial charge in [0.15, 0.2) is 0 Å². The molecule has 2 rings (SSSR count). The maximum Gasteiger partial charge on any atom is 0.255 e. The Morgan fingerprint density at radius 3 is 2.59 bits per heavy atom. The molecular formula is C12H14ClNO3. The Morgan fingerprint density at radius 1 is 1.41 bits per heavy atom. The van der Waals surface area contributed by atoms with Gasteiger partial charge in [0, 0.05) is 11.9 Å². The highest BCUT2D eigenvalue weighted by Crippen LogP contribution is 2.33. The minimum Gasteiger partial charge on any atom is -0.508 e. The van der Waals surface area contributed by atoms with Crippen LogP contribution in [-0.4, -0.2) is 27.5 Å². The number of benzene rings is 1. The number of amides is 1. The number of phenols is 2. The lowest BCUT2D eigenvalue weighted by molar-refractivity contribution is 0.0851. The first-order chi connectivity index (χ1) is 8.06. The third-order valence-electron chi connectivity index (χ3n) is 3.17. The van der Waals surface area contributed by atoms with Gasteiger partial charge in [0.2, 0.25) is 0 Å². The summed E-state index contributed by atoms with van der Waals surface area (Å²) in [7, 11) is 0. The van der Waals surface area contributed by atoms with Gasteiger partial charge < -0.3 is 15.5 Å². The molecule has 1 aliphatic carbocycles. The van der Waals surface area contributed by atoms with Gasteiger partial charge in [-0.3, -0.25) is 4.79 Å². The minimum atomic E-state index is -0.358. The van der Waals surface area contributed by atoms with Crippen molar-refractivity contribution >= 4 is 17.5 Å². The Morgan fingerprint density at radius 2 is 2.12 bits per heavy atom. The number of rotatable bonds is 3. The number of carbonyl (C=O) groups is 1. The second-order valence-electron chi connectivity index (χ2n) is 4.42. The average Bonchev–Trinajstić information content (AvgIpc) is 2.23. The molecule has 1 saturated carbocycles. The Labute approximate surface area is 104 Å². The average molecular weight is 256 g/mol. The zero-order valence-electron chi connectivity index (χ0n) is 9.24. The molecule has 0 saturated heterocycles. The van der Waals surface area contributed by atoms with Crippen molar-refractivity contribution in [2.45, 2.75) is 24.8 Å². The lowest BCUT2D eigenvalue weighted by Crippen LogP contribution is -2.55. The van der Waals surface area contributed by atoms with Crippen molar-refractivity contribution in [2.75, 3.05) is 5.88 Å². The van der Waals surface area contributed by atoms with Gasteiger partial charge in [-0.05, 0) is 31.4 Å². The number of aromatic hydroxyl groups is 2. The van der Waals surface area contributed by atoms with Crippen LogP contribution in [0.3, 0.4) is 0 Å². The van der Waals surface area contributed by atoms with Crippen molar-refractivity contribution in [1.82, 2.24) is 5.32 Å². The molecule has 1 fully saturated rings. The number of nitrogens with one attached hydrogen (secondary N) is 1. The van der Waals surface area contributed by atoms with Crippen LogP contribution in [0.4, 0.5) is 0 Å². The predicted octanol–water partition coefficient (Wildman–Crippen LogP) is 1.99. The summed E-state index contributed by atoms with van der Waals surface area (Å²) in [6.45, 7) is 0. The molecular weight excluding hydrogens is 242 g/mol. The van der Waals surface area contributed by atoms with Gasteiger partial charge in [0.1, 0.15) is 11.5 Å². The molecule has 1 aromatic carbocycles. The standard InChI is InChI=1S/C12H14ClNO3/c13-7-12(4-1-5-12)14-11(17)9-3-2-8(15)6-10(9)16/h2-3,6,15-16H,1,4-5,7H2,(H,14,17). The van der Waals surface area contributed by atoms with Crippen molar-refractivity contribution in [2.24, 2.45) is 0 Å². The van der Waals surface area contributed by atoms with E-state index in [1.807, 2.05) is 0 Å². The van der Waals surface area contributed by atoms with Crippen molar-refractivity contribution < 1.29 is 15.0 Å². The van der Waals surface area contributed by atoms with E-state index in [1.165, 1.54) is 12.1 Å².